The van der Waals surface area contributed by atoms with Crippen LogP contribution in [-0.2, 0) is 9.59 Å². The van der Waals surface area contributed by atoms with E-state index in [4.69, 9.17) is 5.73 Å². The Balaban J connectivity index is 1.52. The second-order valence-electron chi connectivity index (χ2n) is 8.47. The van der Waals surface area contributed by atoms with E-state index in [9.17, 15) is 14.0 Å². The first-order valence-corrected chi connectivity index (χ1v) is 10.3. The molecule has 0 aliphatic heterocycles. The van der Waals surface area contributed by atoms with E-state index in [0.29, 0.717) is 29.8 Å². The first-order chi connectivity index (χ1) is 13.9. The van der Waals surface area contributed by atoms with Crippen LogP contribution < -0.4 is 11.1 Å². The standard InChI is InChI=1S/C23H26FN3O2/c1-13-2-9-18(14-5-7-16(24)8-6-14)20(10-13)21(28)23(29)27-17-11-19(15-3-4-15)22(25)26-12-17/h5-8,11-13,15,18,20H,2-4,9-10H2,1H3,(H2,25,26)(H,27,29)/t13-,18+,20?/m0/s1. The fourth-order valence-corrected chi connectivity index (χ4v) is 4.42. The number of benzene rings is 1. The monoisotopic (exact) mass is 395 g/mol. The van der Waals surface area contributed by atoms with Crippen molar-refractivity contribution in [1.82, 2.24) is 4.98 Å². The third kappa shape index (κ3) is 4.31. The van der Waals surface area contributed by atoms with Gasteiger partial charge in [0.25, 0.3) is 5.91 Å². The van der Waals surface area contributed by atoms with Crippen molar-refractivity contribution in [2.75, 3.05) is 11.1 Å². The molecule has 1 unspecified atom stereocenters. The maximum atomic E-state index is 13.3. The van der Waals surface area contributed by atoms with Crippen molar-refractivity contribution >= 4 is 23.2 Å². The first kappa shape index (κ1) is 19.6. The summed E-state index contributed by atoms with van der Waals surface area (Å²) in [7, 11) is 0. The van der Waals surface area contributed by atoms with E-state index in [1.807, 2.05) is 6.07 Å². The summed E-state index contributed by atoms with van der Waals surface area (Å²) < 4.78 is 13.3. The summed E-state index contributed by atoms with van der Waals surface area (Å²) in [5.41, 5.74) is 8.28. The number of halogens is 1. The molecule has 2 aliphatic carbocycles. The van der Waals surface area contributed by atoms with Gasteiger partial charge in [-0.05, 0) is 72.8 Å². The van der Waals surface area contributed by atoms with Gasteiger partial charge in [-0.1, -0.05) is 25.5 Å². The molecule has 3 atom stereocenters. The van der Waals surface area contributed by atoms with Crippen molar-refractivity contribution in [1.29, 1.82) is 0 Å². The van der Waals surface area contributed by atoms with Gasteiger partial charge in [-0.25, -0.2) is 9.37 Å². The van der Waals surface area contributed by atoms with E-state index < -0.39 is 17.6 Å². The van der Waals surface area contributed by atoms with Crippen LogP contribution in [0.5, 0.6) is 0 Å². The van der Waals surface area contributed by atoms with E-state index in [1.165, 1.54) is 18.3 Å². The Morgan fingerprint density at radius 3 is 2.55 bits per heavy atom. The third-order valence-electron chi connectivity index (χ3n) is 6.20. The number of Topliss-reactive ketones (excluding diaryl/α,β-unsaturated/α-hetero) is 1. The largest absolute Gasteiger partial charge is 0.383 e. The van der Waals surface area contributed by atoms with Crippen LogP contribution in [-0.4, -0.2) is 16.7 Å². The number of amides is 1. The molecule has 1 aromatic heterocycles. The lowest BCUT2D eigenvalue weighted by molar-refractivity contribution is -0.138. The number of nitrogen functional groups attached to an aromatic ring is 1. The predicted molar refractivity (Wildman–Crippen MR) is 110 cm³/mol. The molecule has 0 spiro atoms. The number of carbonyl (C=O) groups excluding carboxylic acids is 2. The van der Waals surface area contributed by atoms with Gasteiger partial charge in [-0.15, -0.1) is 0 Å². The highest BCUT2D eigenvalue weighted by Crippen LogP contribution is 2.43. The van der Waals surface area contributed by atoms with Gasteiger partial charge < -0.3 is 11.1 Å². The summed E-state index contributed by atoms with van der Waals surface area (Å²) in [5, 5.41) is 2.72. The van der Waals surface area contributed by atoms with Crippen LogP contribution >= 0.6 is 0 Å². The molecule has 1 aromatic carbocycles. The highest BCUT2D eigenvalue weighted by molar-refractivity contribution is 6.41. The third-order valence-corrected chi connectivity index (χ3v) is 6.20. The summed E-state index contributed by atoms with van der Waals surface area (Å²) >= 11 is 0. The lowest BCUT2D eigenvalue weighted by Gasteiger charge is -2.34. The van der Waals surface area contributed by atoms with E-state index in [1.54, 1.807) is 12.1 Å². The van der Waals surface area contributed by atoms with Crippen molar-refractivity contribution in [2.45, 2.75) is 50.9 Å². The number of pyridine rings is 1. The van der Waals surface area contributed by atoms with Crippen LogP contribution in [0, 0.1) is 17.7 Å². The number of carbonyl (C=O) groups is 2. The molecular formula is C23H26FN3O2. The quantitative estimate of drug-likeness (QED) is 0.735. The number of hydrogen-bond acceptors (Lipinski definition) is 4. The molecule has 2 aromatic rings. The Labute approximate surface area is 169 Å². The van der Waals surface area contributed by atoms with Crippen molar-refractivity contribution in [2.24, 2.45) is 11.8 Å². The van der Waals surface area contributed by atoms with Crippen LogP contribution in [0.15, 0.2) is 36.5 Å². The molecule has 0 radical (unpaired) electrons. The summed E-state index contributed by atoms with van der Waals surface area (Å²) in [4.78, 5) is 30.0. The fourth-order valence-electron chi connectivity index (χ4n) is 4.42. The van der Waals surface area contributed by atoms with E-state index in [0.717, 1.165) is 36.8 Å². The van der Waals surface area contributed by atoms with E-state index in [-0.39, 0.29) is 11.7 Å². The van der Waals surface area contributed by atoms with Gasteiger partial charge in [-0.3, -0.25) is 9.59 Å². The topological polar surface area (TPSA) is 85.1 Å². The first-order valence-electron chi connectivity index (χ1n) is 10.3. The number of nitrogens with one attached hydrogen (secondary N) is 1. The van der Waals surface area contributed by atoms with Gasteiger partial charge >= 0.3 is 0 Å². The number of hydrogen-bond donors (Lipinski definition) is 2. The Hall–Kier alpha value is -2.76. The number of anilines is 2. The normalized spacial score (nSPS) is 24.1. The Morgan fingerprint density at radius 2 is 1.86 bits per heavy atom. The second kappa shape index (κ2) is 7.93. The van der Waals surface area contributed by atoms with Gasteiger partial charge in [0.2, 0.25) is 5.78 Å². The smallest absolute Gasteiger partial charge is 0.292 e. The Morgan fingerprint density at radius 1 is 1.14 bits per heavy atom. The van der Waals surface area contributed by atoms with Crippen LogP contribution in [0.1, 0.15) is 62.0 Å². The molecule has 0 saturated heterocycles. The van der Waals surface area contributed by atoms with Gasteiger partial charge in [0.1, 0.15) is 11.6 Å². The maximum Gasteiger partial charge on any atom is 0.292 e. The predicted octanol–water partition coefficient (Wildman–Crippen LogP) is 4.41. The Kier molecular flexibility index (Phi) is 5.35. The molecule has 2 aliphatic rings. The molecule has 0 bridgehead atoms. The molecule has 1 amide bonds. The second-order valence-corrected chi connectivity index (χ2v) is 8.47. The fraction of sp³-hybridized carbons (Fsp3) is 0.435. The average molecular weight is 395 g/mol. The minimum absolute atomic E-state index is 0.0726. The molecule has 5 nitrogen and oxygen atoms in total. The number of nitrogens with zero attached hydrogens (tertiary/aromatic N) is 1. The van der Waals surface area contributed by atoms with Gasteiger partial charge in [0, 0.05) is 5.92 Å². The SMILES string of the molecule is C[C@H]1CC[C@H](c2ccc(F)cc2)C(C(=O)C(=O)Nc2cnc(N)c(C3CC3)c2)C1. The average Bonchev–Trinajstić information content (AvgIpc) is 3.55. The number of aromatic nitrogens is 1. The van der Waals surface area contributed by atoms with E-state index in [2.05, 4.69) is 17.2 Å². The molecule has 2 saturated carbocycles. The molecule has 1 heterocycles. The van der Waals surface area contributed by atoms with Crippen LogP contribution in [0.3, 0.4) is 0 Å². The molecule has 6 heteroatoms. The zero-order valence-electron chi connectivity index (χ0n) is 16.5. The lowest BCUT2D eigenvalue weighted by atomic mass is 9.70. The van der Waals surface area contributed by atoms with Gasteiger partial charge in [0.15, 0.2) is 0 Å². The zero-order valence-corrected chi connectivity index (χ0v) is 16.5. The molecule has 29 heavy (non-hydrogen) atoms. The summed E-state index contributed by atoms with van der Waals surface area (Å²) in [6.07, 6.45) is 6.09. The molecule has 2 fully saturated rings. The van der Waals surface area contributed by atoms with Gasteiger partial charge in [-0.2, -0.15) is 0 Å². The van der Waals surface area contributed by atoms with Crippen LogP contribution in [0.25, 0.3) is 0 Å². The van der Waals surface area contributed by atoms with Crippen molar-refractivity contribution < 1.29 is 14.0 Å². The Bertz CT molecular complexity index is 924. The maximum absolute atomic E-state index is 13.3. The van der Waals surface area contributed by atoms with E-state index >= 15 is 0 Å². The summed E-state index contributed by atoms with van der Waals surface area (Å²) in [5.74, 6) is -0.578. The van der Waals surface area contributed by atoms with Crippen LogP contribution in [0.2, 0.25) is 0 Å². The number of nitrogens with two attached hydrogens (primary N) is 1. The lowest BCUT2D eigenvalue weighted by Crippen LogP contribution is -2.36. The molecule has 3 N–H and O–H groups in total. The summed E-state index contributed by atoms with van der Waals surface area (Å²) in [6, 6.07) is 8.09. The number of ketones is 1. The van der Waals surface area contributed by atoms with Crippen molar-refractivity contribution in [3.63, 3.8) is 0 Å². The highest BCUT2D eigenvalue weighted by Gasteiger charge is 2.37. The minimum atomic E-state index is -0.621. The minimum Gasteiger partial charge on any atom is -0.383 e. The summed E-state index contributed by atoms with van der Waals surface area (Å²) in [6.45, 7) is 2.10. The molecular weight excluding hydrogens is 369 g/mol. The zero-order chi connectivity index (χ0) is 20.5. The molecule has 4 rings (SSSR count). The highest BCUT2D eigenvalue weighted by atomic mass is 19.1. The molecule has 152 valence electrons. The number of rotatable bonds is 5. The van der Waals surface area contributed by atoms with Gasteiger partial charge in [0.05, 0.1) is 11.9 Å². The van der Waals surface area contributed by atoms with Crippen molar-refractivity contribution in [3.05, 3.63) is 53.5 Å². The van der Waals surface area contributed by atoms with Crippen LogP contribution in [0.4, 0.5) is 15.9 Å². The van der Waals surface area contributed by atoms with Crippen molar-refractivity contribution in [3.8, 4) is 0 Å².